The number of ether oxygens (including phenoxy) is 1. The van der Waals surface area contributed by atoms with Crippen molar-refractivity contribution < 1.29 is 18.3 Å². The molecule has 2 atom stereocenters. The monoisotopic (exact) mass is 310 g/mol. The molecule has 1 aromatic carbocycles. The molecule has 21 heavy (non-hydrogen) atoms. The van der Waals surface area contributed by atoms with E-state index in [1.54, 1.807) is 19.9 Å². The summed E-state index contributed by atoms with van der Waals surface area (Å²) in [6.07, 6.45) is -0.786. The van der Waals surface area contributed by atoms with Gasteiger partial charge >= 0.3 is 0 Å². The smallest absolute Gasteiger partial charge is 0.243 e. The fourth-order valence-electron chi connectivity index (χ4n) is 2.45. The lowest BCUT2D eigenvalue weighted by Gasteiger charge is -2.35. The van der Waals surface area contributed by atoms with Crippen molar-refractivity contribution in [1.82, 2.24) is 4.31 Å². The van der Waals surface area contributed by atoms with Crippen molar-refractivity contribution in [3.8, 4) is 6.07 Å². The van der Waals surface area contributed by atoms with Gasteiger partial charge in [-0.05, 0) is 37.6 Å². The van der Waals surface area contributed by atoms with Gasteiger partial charge in [-0.25, -0.2) is 8.42 Å². The number of nitrogens with zero attached hydrogens (tertiary/aromatic N) is 2. The lowest BCUT2D eigenvalue weighted by molar-refractivity contribution is -0.0750. The van der Waals surface area contributed by atoms with Crippen molar-refractivity contribution in [3.63, 3.8) is 0 Å². The molecule has 1 saturated heterocycles. The second-order valence-corrected chi connectivity index (χ2v) is 7.07. The van der Waals surface area contributed by atoms with Crippen LogP contribution in [0.5, 0.6) is 0 Å². The van der Waals surface area contributed by atoms with Gasteiger partial charge in [0.25, 0.3) is 0 Å². The minimum Gasteiger partial charge on any atom is -0.394 e. The van der Waals surface area contributed by atoms with E-state index in [0.717, 1.165) is 0 Å². The largest absolute Gasteiger partial charge is 0.394 e. The molecular weight excluding hydrogens is 292 g/mol. The van der Waals surface area contributed by atoms with Crippen molar-refractivity contribution in [3.05, 3.63) is 29.3 Å². The topological polar surface area (TPSA) is 90.6 Å². The molecule has 1 fully saturated rings. The standard InChI is InChI=1S/C14H18N2O4S/c1-10-5-12(6-15)3-4-14(10)21(18,19)16-7-11(2)20-13(8-16)9-17/h3-5,11,13,17H,7-9H2,1-2H3. The number of rotatable bonds is 3. The van der Waals surface area contributed by atoms with Crippen LogP contribution in [0.25, 0.3) is 0 Å². The summed E-state index contributed by atoms with van der Waals surface area (Å²) in [4.78, 5) is 0.187. The van der Waals surface area contributed by atoms with Crippen LogP contribution >= 0.6 is 0 Å². The minimum atomic E-state index is -3.66. The second-order valence-electron chi connectivity index (χ2n) is 5.17. The first-order valence-corrected chi connectivity index (χ1v) is 8.09. The van der Waals surface area contributed by atoms with Gasteiger partial charge in [-0.1, -0.05) is 0 Å². The minimum absolute atomic E-state index is 0.128. The predicted molar refractivity (Wildman–Crippen MR) is 76.1 cm³/mol. The third-order valence-corrected chi connectivity index (χ3v) is 5.41. The molecule has 0 spiro atoms. The first kappa shape index (κ1) is 15.9. The number of aryl methyl sites for hydroxylation is 1. The number of sulfonamides is 1. The molecular formula is C14H18N2O4S. The maximum absolute atomic E-state index is 12.7. The SMILES string of the molecule is Cc1cc(C#N)ccc1S(=O)(=O)N1CC(C)OC(CO)C1. The van der Waals surface area contributed by atoms with Crippen molar-refractivity contribution in [2.75, 3.05) is 19.7 Å². The van der Waals surface area contributed by atoms with Gasteiger partial charge in [-0.15, -0.1) is 0 Å². The molecule has 2 rings (SSSR count). The zero-order valence-electron chi connectivity index (χ0n) is 12.0. The number of benzene rings is 1. The van der Waals surface area contributed by atoms with E-state index >= 15 is 0 Å². The van der Waals surface area contributed by atoms with Gasteiger partial charge in [0.2, 0.25) is 10.0 Å². The number of hydrogen-bond donors (Lipinski definition) is 1. The molecule has 0 bridgehead atoms. The van der Waals surface area contributed by atoms with Crippen LogP contribution in [0.15, 0.2) is 23.1 Å². The highest BCUT2D eigenvalue weighted by atomic mass is 32.2. The van der Waals surface area contributed by atoms with Crippen LogP contribution in [0.4, 0.5) is 0 Å². The van der Waals surface area contributed by atoms with Gasteiger partial charge in [0.15, 0.2) is 0 Å². The molecule has 0 saturated carbocycles. The van der Waals surface area contributed by atoms with Crippen LogP contribution < -0.4 is 0 Å². The quantitative estimate of drug-likeness (QED) is 0.884. The Morgan fingerprint density at radius 3 is 2.76 bits per heavy atom. The van der Waals surface area contributed by atoms with Gasteiger partial charge in [0.05, 0.1) is 35.3 Å². The average molecular weight is 310 g/mol. The highest BCUT2D eigenvalue weighted by Crippen LogP contribution is 2.24. The van der Waals surface area contributed by atoms with Gasteiger partial charge in [-0.3, -0.25) is 0 Å². The lowest BCUT2D eigenvalue weighted by Crippen LogP contribution is -2.50. The summed E-state index contributed by atoms with van der Waals surface area (Å²) in [5.41, 5.74) is 0.962. The Kier molecular flexibility index (Phi) is 4.64. The van der Waals surface area contributed by atoms with E-state index in [0.29, 0.717) is 11.1 Å². The first-order chi connectivity index (χ1) is 9.88. The molecule has 1 aliphatic rings. The van der Waals surface area contributed by atoms with Gasteiger partial charge in [-0.2, -0.15) is 9.57 Å². The highest BCUT2D eigenvalue weighted by Gasteiger charge is 2.34. The normalized spacial score (nSPS) is 23.7. The molecule has 0 radical (unpaired) electrons. The molecule has 0 amide bonds. The Morgan fingerprint density at radius 1 is 1.48 bits per heavy atom. The maximum Gasteiger partial charge on any atom is 0.243 e. The molecule has 0 aromatic heterocycles. The summed E-state index contributed by atoms with van der Waals surface area (Å²) in [6, 6.07) is 6.49. The fourth-order valence-corrected chi connectivity index (χ4v) is 4.20. The Hall–Kier alpha value is -1.46. The molecule has 2 unspecified atom stereocenters. The molecule has 1 heterocycles. The highest BCUT2D eigenvalue weighted by molar-refractivity contribution is 7.89. The predicted octanol–water partition coefficient (Wildman–Crippen LogP) is 0.637. The van der Waals surface area contributed by atoms with E-state index in [-0.39, 0.29) is 30.7 Å². The third kappa shape index (κ3) is 3.24. The zero-order chi connectivity index (χ0) is 15.6. The van der Waals surface area contributed by atoms with Crippen LogP contribution in [0, 0.1) is 18.3 Å². The van der Waals surface area contributed by atoms with Crippen LogP contribution in [0.2, 0.25) is 0 Å². The summed E-state index contributed by atoms with van der Waals surface area (Å²) in [7, 11) is -3.66. The number of nitriles is 1. The van der Waals surface area contributed by atoms with E-state index in [4.69, 9.17) is 10.00 Å². The molecule has 1 aliphatic heterocycles. The van der Waals surface area contributed by atoms with Crippen LogP contribution in [-0.2, 0) is 14.8 Å². The fraction of sp³-hybridized carbons (Fsp3) is 0.500. The van der Waals surface area contributed by atoms with E-state index in [1.165, 1.54) is 16.4 Å². The van der Waals surface area contributed by atoms with Crippen molar-refractivity contribution >= 4 is 10.0 Å². The van der Waals surface area contributed by atoms with Crippen molar-refractivity contribution in [2.24, 2.45) is 0 Å². The zero-order valence-corrected chi connectivity index (χ0v) is 12.8. The van der Waals surface area contributed by atoms with Crippen LogP contribution in [-0.4, -0.2) is 49.7 Å². The summed E-state index contributed by atoms with van der Waals surface area (Å²) < 4.78 is 32.2. The Bertz CT molecular complexity index is 666. The van der Waals surface area contributed by atoms with Gasteiger partial charge in [0.1, 0.15) is 0 Å². The van der Waals surface area contributed by atoms with E-state index in [9.17, 15) is 13.5 Å². The number of aliphatic hydroxyl groups is 1. The maximum atomic E-state index is 12.7. The number of morpholine rings is 1. The summed E-state index contributed by atoms with van der Waals surface area (Å²) in [6.45, 7) is 3.60. The number of aliphatic hydroxyl groups excluding tert-OH is 1. The Morgan fingerprint density at radius 2 is 2.19 bits per heavy atom. The van der Waals surface area contributed by atoms with Crippen molar-refractivity contribution in [2.45, 2.75) is 31.0 Å². The number of hydrogen-bond acceptors (Lipinski definition) is 5. The molecule has 0 aliphatic carbocycles. The van der Waals surface area contributed by atoms with Crippen molar-refractivity contribution in [1.29, 1.82) is 5.26 Å². The van der Waals surface area contributed by atoms with E-state index < -0.39 is 16.1 Å². The molecule has 1 aromatic rings. The van der Waals surface area contributed by atoms with E-state index in [2.05, 4.69) is 0 Å². The first-order valence-electron chi connectivity index (χ1n) is 6.65. The molecule has 7 heteroatoms. The van der Waals surface area contributed by atoms with E-state index in [1.807, 2.05) is 6.07 Å². The molecule has 6 nitrogen and oxygen atoms in total. The van der Waals surface area contributed by atoms with Crippen LogP contribution in [0.3, 0.4) is 0 Å². The summed E-state index contributed by atoms with van der Waals surface area (Å²) >= 11 is 0. The van der Waals surface area contributed by atoms with Gasteiger partial charge in [0, 0.05) is 13.1 Å². The molecule has 114 valence electrons. The summed E-state index contributed by atoms with van der Waals surface area (Å²) in [5, 5.41) is 18.1. The van der Waals surface area contributed by atoms with Gasteiger partial charge < -0.3 is 9.84 Å². The Balaban J connectivity index is 2.36. The molecule has 1 N–H and O–H groups in total. The lowest BCUT2D eigenvalue weighted by atomic mass is 10.2. The second kappa shape index (κ2) is 6.12. The van der Waals surface area contributed by atoms with Crippen LogP contribution in [0.1, 0.15) is 18.1 Å². The third-order valence-electron chi connectivity index (χ3n) is 3.42. The Labute approximate surface area is 124 Å². The summed E-state index contributed by atoms with van der Waals surface area (Å²) in [5.74, 6) is 0. The average Bonchev–Trinajstić information content (AvgIpc) is 2.46.